The molecule has 2 rings (SSSR count). The van der Waals surface area contributed by atoms with E-state index in [-0.39, 0.29) is 0 Å². The molecule has 0 bridgehead atoms. The first-order chi connectivity index (χ1) is 8.99. The standard InChI is InChI=1S/C13H13F3N2S/c14-13(15,16)10-3-1-9(2-4-10)7-12-18-11(5-6-17)8-19-12/h1-4,8H,5-7,17H2. The molecule has 0 spiro atoms. The Hall–Kier alpha value is -1.40. The number of alkyl halides is 3. The van der Waals surface area contributed by atoms with E-state index >= 15 is 0 Å². The summed E-state index contributed by atoms with van der Waals surface area (Å²) in [6.07, 6.45) is -3.01. The van der Waals surface area contributed by atoms with Gasteiger partial charge in [0.05, 0.1) is 16.3 Å². The van der Waals surface area contributed by atoms with Crippen molar-refractivity contribution in [3.8, 4) is 0 Å². The molecule has 0 radical (unpaired) electrons. The lowest BCUT2D eigenvalue weighted by Crippen LogP contribution is -2.04. The number of hydrogen-bond acceptors (Lipinski definition) is 3. The van der Waals surface area contributed by atoms with Gasteiger partial charge in [-0.25, -0.2) is 4.98 Å². The van der Waals surface area contributed by atoms with Gasteiger partial charge in [-0.2, -0.15) is 13.2 Å². The maximum absolute atomic E-state index is 12.4. The van der Waals surface area contributed by atoms with Crippen molar-refractivity contribution in [3.05, 3.63) is 51.5 Å². The van der Waals surface area contributed by atoms with E-state index in [0.29, 0.717) is 13.0 Å². The summed E-state index contributed by atoms with van der Waals surface area (Å²) in [7, 11) is 0. The molecule has 2 N–H and O–H groups in total. The van der Waals surface area contributed by atoms with E-state index in [2.05, 4.69) is 4.98 Å². The molecule has 0 saturated heterocycles. The second-order valence-corrected chi connectivity index (χ2v) is 5.09. The first-order valence-electron chi connectivity index (χ1n) is 5.78. The second-order valence-electron chi connectivity index (χ2n) is 4.14. The van der Waals surface area contributed by atoms with Crippen molar-refractivity contribution in [2.24, 2.45) is 5.73 Å². The predicted molar refractivity (Wildman–Crippen MR) is 69.1 cm³/mol. The van der Waals surface area contributed by atoms with Crippen molar-refractivity contribution in [1.29, 1.82) is 0 Å². The van der Waals surface area contributed by atoms with Crippen molar-refractivity contribution in [2.75, 3.05) is 6.54 Å². The maximum Gasteiger partial charge on any atom is 0.416 e. The quantitative estimate of drug-likeness (QED) is 0.937. The van der Waals surface area contributed by atoms with Crippen LogP contribution >= 0.6 is 11.3 Å². The summed E-state index contributed by atoms with van der Waals surface area (Å²) in [6.45, 7) is 0.545. The Morgan fingerprint density at radius 2 is 1.84 bits per heavy atom. The number of hydrogen-bond donors (Lipinski definition) is 1. The zero-order valence-electron chi connectivity index (χ0n) is 10.1. The van der Waals surface area contributed by atoms with E-state index in [0.717, 1.165) is 34.8 Å². The Morgan fingerprint density at radius 3 is 2.42 bits per heavy atom. The van der Waals surface area contributed by atoms with Crippen LogP contribution in [-0.2, 0) is 19.0 Å². The highest BCUT2D eigenvalue weighted by molar-refractivity contribution is 7.09. The molecule has 2 nitrogen and oxygen atoms in total. The van der Waals surface area contributed by atoms with Crippen LogP contribution < -0.4 is 5.73 Å². The maximum atomic E-state index is 12.4. The van der Waals surface area contributed by atoms with Crippen LogP contribution in [0.3, 0.4) is 0 Å². The van der Waals surface area contributed by atoms with Crippen LogP contribution in [0, 0.1) is 0 Å². The summed E-state index contributed by atoms with van der Waals surface area (Å²) in [4.78, 5) is 4.38. The number of nitrogens with two attached hydrogens (primary N) is 1. The molecule has 102 valence electrons. The van der Waals surface area contributed by atoms with Gasteiger partial charge in [0.25, 0.3) is 0 Å². The minimum atomic E-state index is -4.28. The highest BCUT2D eigenvalue weighted by atomic mass is 32.1. The van der Waals surface area contributed by atoms with Gasteiger partial charge < -0.3 is 5.73 Å². The number of thiazole rings is 1. The smallest absolute Gasteiger partial charge is 0.330 e. The minimum absolute atomic E-state index is 0.545. The molecule has 0 fully saturated rings. The van der Waals surface area contributed by atoms with Crippen LogP contribution in [0.5, 0.6) is 0 Å². The van der Waals surface area contributed by atoms with Gasteiger partial charge in [-0.05, 0) is 24.2 Å². The fourth-order valence-electron chi connectivity index (χ4n) is 1.68. The van der Waals surface area contributed by atoms with E-state index in [1.165, 1.54) is 23.5 Å². The Kier molecular flexibility index (Phi) is 4.21. The summed E-state index contributed by atoms with van der Waals surface area (Å²) in [6, 6.07) is 5.19. The van der Waals surface area contributed by atoms with Crippen molar-refractivity contribution in [3.63, 3.8) is 0 Å². The number of benzene rings is 1. The zero-order valence-corrected chi connectivity index (χ0v) is 10.9. The summed E-state index contributed by atoms with van der Waals surface area (Å²) in [5.74, 6) is 0. The van der Waals surface area contributed by atoms with Gasteiger partial charge in [0, 0.05) is 18.2 Å². The van der Waals surface area contributed by atoms with E-state index in [4.69, 9.17) is 5.73 Å². The van der Waals surface area contributed by atoms with E-state index in [9.17, 15) is 13.2 Å². The predicted octanol–water partition coefficient (Wildman–Crippen LogP) is 3.25. The average molecular weight is 286 g/mol. The van der Waals surface area contributed by atoms with Crippen molar-refractivity contribution >= 4 is 11.3 Å². The zero-order chi connectivity index (χ0) is 13.9. The van der Waals surface area contributed by atoms with Crippen LogP contribution in [0.15, 0.2) is 29.6 Å². The van der Waals surface area contributed by atoms with Gasteiger partial charge in [-0.3, -0.25) is 0 Å². The lowest BCUT2D eigenvalue weighted by atomic mass is 10.1. The number of aromatic nitrogens is 1. The third kappa shape index (κ3) is 3.78. The lowest BCUT2D eigenvalue weighted by Gasteiger charge is -2.06. The summed E-state index contributed by atoms with van der Waals surface area (Å²) in [5, 5.41) is 2.83. The average Bonchev–Trinajstić information content (AvgIpc) is 2.77. The molecule has 0 unspecified atom stereocenters. The highest BCUT2D eigenvalue weighted by Gasteiger charge is 2.29. The largest absolute Gasteiger partial charge is 0.416 e. The van der Waals surface area contributed by atoms with Gasteiger partial charge >= 0.3 is 6.18 Å². The molecule has 2 aromatic rings. The van der Waals surface area contributed by atoms with Crippen molar-refractivity contribution in [1.82, 2.24) is 4.98 Å². The first-order valence-corrected chi connectivity index (χ1v) is 6.66. The Morgan fingerprint density at radius 1 is 1.16 bits per heavy atom. The highest BCUT2D eigenvalue weighted by Crippen LogP contribution is 2.29. The normalized spacial score (nSPS) is 11.8. The van der Waals surface area contributed by atoms with E-state index in [1.807, 2.05) is 5.38 Å². The SMILES string of the molecule is NCCc1csc(Cc2ccc(C(F)(F)F)cc2)n1. The summed E-state index contributed by atoms with van der Waals surface area (Å²) < 4.78 is 37.2. The first kappa shape index (κ1) is 14.0. The molecular formula is C13H13F3N2S. The fraction of sp³-hybridized carbons (Fsp3) is 0.308. The molecule has 0 aliphatic rings. The summed E-state index contributed by atoms with van der Waals surface area (Å²) >= 11 is 1.51. The van der Waals surface area contributed by atoms with Crippen LogP contribution in [-0.4, -0.2) is 11.5 Å². The monoisotopic (exact) mass is 286 g/mol. The number of nitrogens with zero attached hydrogens (tertiary/aromatic N) is 1. The molecule has 0 atom stereocenters. The molecule has 1 aromatic carbocycles. The van der Waals surface area contributed by atoms with Gasteiger partial charge in [0.2, 0.25) is 0 Å². The van der Waals surface area contributed by atoms with Crippen molar-refractivity contribution in [2.45, 2.75) is 19.0 Å². The minimum Gasteiger partial charge on any atom is -0.330 e. The van der Waals surface area contributed by atoms with Gasteiger partial charge in [0.15, 0.2) is 0 Å². The van der Waals surface area contributed by atoms with E-state index < -0.39 is 11.7 Å². The van der Waals surface area contributed by atoms with Crippen molar-refractivity contribution < 1.29 is 13.2 Å². The third-order valence-electron chi connectivity index (χ3n) is 2.64. The molecular weight excluding hydrogens is 273 g/mol. The summed E-state index contributed by atoms with van der Waals surface area (Å²) in [5.41, 5.74) is 6.57. The van der Waals surface area contributed by atoms with Crippen LogP contribution in [0.2, 0.25) is 0 Å². The van der Waals surface area contributed by atoms with Crippen LogP contribution in [0.4, 0.5) is 13.2 Å². The Balaban J connectivity index is 2.06. The third-order valence-corrected chi connectivity index (χ3v) is 3.53. The lowest BCUT2D eigenvalue weighted by molar-refractivity contribution is -0.137. The number of halogens is 3. The van der Waals surface area contributed by atoms with Gasteiger partial charge in [-0.15, -0.1) is 11.3 Å². The molecule has 0 aliphatic heterocycles. The molecule has 0 aliphatic carbocycles. The topological polar surface area (TPSA) is 38.9 Å². The molecule has 19 heavy (non-hydrogen) atoms. The van der Waals surface area contributed by atoms with Crippen LogP contribution in [0.1, 0.15) is 21.8 Å². The van der Waals surface area contributed by atoms with E-state index in [1.54, 1.807) is 0 Å². The number of rotatable bonds is 4. The Labute approximate surface area is 113 Å². The molecule has 1 aromatic heterocycles. The molecule has 0 saturated carbocycles. The second kappa shape index (κ2) is 5.71. The van der Waals surface area contributed by atoms with Gasteiger partial charge in [0.1, 0.15) is 0 Å². The van der Waals surface area contributed by atoms with Crippen LogP contribution in [0.25, 0.3) is 0 Å². The molecule has 1 heterocycles. The fourth-order valence-corrected chi connectivity index (χ4v) is 2.54. The Bertz CT molecular complexity index is 532. The van der Waals surface area contributed by atoms with Gasteiger partial charge in [-0.1, -0.05) is 12.1 Å². The molecule has 0 amide bonds. The molecule has 6 heteroatoms.